The fourth-order valence-electron chi connectivity index (χ4n) is 1.51. The predicted molar refractivity (Wildman–Crippen MR) is 76.5 cm³/mol. The average Bonchev–Trinajstić information content (AvgIpc) is 2.80. The molecule has 0 aliphatic rings. The average molecular weight is 360 g/mol. The van der Waals surface area contributed by atoms with E-state index in [2.05, 4.69) is 21.2 Å². The number of carboxylic acid groups (broad SMARTS) is 2. The number of nitrogens with one attached hydrogen (secondary N) is 1. The van der Waals surface area contributed by atoms with Gasteiger partial charge in [0.2, 0.25) is 5.91 Å². The van der Waals surface area contributed by atoms with Crippen molar-refractivity contribution in [2.75, 3.05) is 0 Å². The van der Waals surface area contributed by atoms with Gasteiger partial charge in [-0.3, -0.25) is 9.59 Å². The van der Waals surface area contributed by atoms with Gasteiger partial charge in [0.05, 0.1) is 0 Å². The van der Waals surface area contributed by atoms with E-state index in [0.717, 1.165) is 6.08 Å². The Morgan fingerprint density at radius 2 is 2.05 bits per heavy atom. The normalized spacial score (nSPS) is 12.2. The molecule has 0 fully saturated rings. The summed E-state index contributed by atoms with van der Waals surface area (Å²) in [5, 5.41) is 19.8. The van der Waals surface area contributed by atoms with E-state index in [-0.39, 0.29) is 19.3 Å². The highest BCUT2D eigenvalue weighted by atomic mass is 79.9. The number of amides is 1. The van der Waals surface area contributed by atoms with Gasteiger partial charge in [-0.15, -0.1) is 0 Å². The number of furan rings is 1. The quantitative estimate of drug-likeness (QED) is 0.610. The molecule has 0 radical (unpaired) electrons. The lowest BCUT2D eigenvalue weighted by molar-refractivity contribution is -0.142. The van der Waals surface area contributed by atoms with Crippen molar-refractivity contribution in [3.05, 3.63) is 28.6 Å². The summed E-state index contributed by atoms with van der Waals surface area (Å²) in [4.78, 5) is 33.0. The number of rotatable bonds is 8. The van der Waals surface area contributed by atoms with Crippen LogP contribution in [0.4, 0.5) is 0 Å². The molecule has 8 heteroatoms. The fraction of sp³-hybridized carbons (Fsp3) is 0.308. The maximum Gasteiger partial charge on any atom is 0.326 e. The molecule has 1 amide bonds. The lowest BCUT2D eigenvalue weighted by Gasteiger charge is -2.12. The van der Waals surface area contributed by atoms with E-state index in [1.165, 1.54) is 6.08 Å². The van der Waals surface area contributed by atoms with E-state index < -0.39 is 23.9 Å². The molecule has 0 bridgehead atoms. The number of carbonyl (C=O) groups excluding carboxylic acids is 1. The van der Waals surface area contributed by atoms with Gasteiger partial charge in [-0.25, -0.2) is 4.79 Å². The van der Waals surface area contributed by atoms with Crippen LogP contribution in [-0.2, 0) is 14.4 Å². The molecule has 7 nitrogen and oxygen atoms in total. The molecule has 114 valence electrons. The first-order valence-corrected chi connectivity index (χ1v) is 6.86. The van der Waals surface area contributed by atoms with E-state index in [9.17, 15) is 14.4 Å². The summed E-state index contributed by atoms with van der Waals surface area (Å²) in [5.41, 5.74) is 0. The van der Waals surface area contributed by atoms with Gasteiger partial charge >= 0.3 is 11.9 Å². The monoisotopic (exact) mass is 359 g/mol. The zero-order valence-corrected chi connectivity index (χ0v) is 12.5. The highest BCUT2D eigenvalue weighted by Gasteiger charge is 2.18. The Kier molecular flexibility index (Phi) is 6.67. The van der Waals surface area contributed by atoms with Gasteiger partial charge in [0.25, 0.3) is 0 Å². The van der Waals surface area contributed by atoms with Crippen LogP contribution in [0.25, 0.3) is 6.08 Å². The molecule has 3 N–H and O–H groups in total. The van der Waals surface area contributed by atoms with Crippen LogP contribution < -0.4 is 5.32 Å². The maximum absolute atomic E-state index is 11.6. The minimum atomic E-state index is -1.21. The van der Waals surface area contributed by atoms with E-state index in [1.807, 2.05) is 0 Å². The number of aliphatic carboxylic acids is 2. The lowest BCUT2D eigenvalue weighted by atomic mass is 10.1. The van der Waals surface area contributed by atoms with Gasteiger partial charge in [-0.2, -0.15) is 0 Å². The summed E-state index contributed by atoms with van der Waals surface area (Å²) in [5.74, 6) is -2.36. The molecular weight excluding hydrogens is 346 g/mol. The molecule has 1 rings (SSSR count). The van der Waals surface area contributed by atoms with Crippen LogP contribution in [0.2, 0.25) is 0 Å². The van der Waals surface area contributed by atoms with Crippen LogP contribution >= 0.6 is 15.9 Å². The summed E-state index contributed by atoms with van der Waals surface area (Å²) in [7, 11) is 0. The Labute approximate surface area is 128 Å². The molecule has 0 aromatic carbocycles. The number of hydrogen-bond acceptors (Lipinski definition) is 4. The van der Waals surface area contributed by atoms with Crippen LogP contribution in [-0.4, -0.2) is 34.1 Å². The largest absolute Gasteiger partial charge is 0.481 e. The first-order valence-electron chi connectivity index (χ1n) is 6.07. The molecular formula is C13H14BrNO6. The summed E-state index contributed by atoms with van der Waals surface area (Å²) < 4.78 is 5.66. The Hall–Kier alpha value is -2.09. The zero-order valence-electron chi connectivity index (χ0n) is 10.9. The van der Waals surface area contributed by atoms with Crippen molar-refractivity contribution < 1.29 is 29.0 Å². The van der Waals surface area contributed by atoms with Crippen molar-refractivity contribution in [3.63, 3.8) is 0 Å². The second-order valence-electron chi connectivity index (χ2n) is 4.16. The molecule has 1 heterocycles. The minimum absolute atomic E-state index is 0.0491. The van der Waals surface area contributed by atoms with Crippen molar-refractivity contribution >= 4 is 39.9 Å². The van der Waals surface area contributed by atoms with Crippen LogP contribution in [0.1, 0.15) is 25.0 Å². The summed E-state index contributed by atoms with van der Waals surface area (Å²) in [6.07, 6.45) is 2.62. The van der Waals surface area contributed by atoms with Gasteiger partial charge in [0, 0.05) is 12.5 Å². The molecule has 0 unspecified atom stereocenters. The predicted octanol–water partition coefficient (Wildman–Crippen LogP) is 1.88. The SMILES string of the molecule is O=C(O)CCC[C@@H](NC(=O)/C=C/c1ccc(Br)o1)C(=O)O. The number of hydrogen-bond donors (Lipinski definition) is 3. The highest BCUT2D eigenvalue weighted by Crippen LogP contribution is 2.14. The topological polar surface area (TPSA) is 117 Å². The van der Waals surface area contributed by atoms with Gasteiger partial charge < -0.3 is 19.9 Å². The molecule has 0 spiro atoms. The van der Waals surface area contributed by atoms with E-state index in [4.69, 9.17) is 14.6 Å². The van der Waals surface area contributed by atoms with Crippen molar-refractivity contribution in [3.8, 4) is 0 Å². The number of carboxylic acids is 2. The Morgan fingerprint density at radius 3 is 2.57 bits per heavy atom. The van der Waals surface area contributed by atoms with Crippen molar-refractivity contribution in [1.82, 2.24) is 5.32 Å². The molecule has 1 atom stereocenters. The Bertz CT molecular complexity index is 551. The van der Waals surface area contributed by atoms with Crippen LogP contribution in [0.3, 0.4) is 0 Å². The lowest BCUT2D eigenvalue weighted by Crippen LogP contribution is -2.40. The highest BCUT2D eigenvalue weighted by molar-refractivity contribution is 9.10. The third-order valence-corrected chi connectivity index (χ3v) is 2.92. The van der Waals surface area contributed by atoms with Crippen LogP contribution in [0, 0.1) is 0 Å². The first-order chi connectivity index (χ1) is 9.88. The van der Waals surface area contributed by atoms with Gasteiger partial charge in [-0.1, -0.05) is 0 Å². The van der Waals surface area contributed by atoms with Gasteiger partial charge in [0.15, 0.2) is 4.67 Å². The number of carbonyl (C=O) groups is 3. The molecule has 21 heavy (non-hydrogen) atoms. The van der Waals surface area contributed by atoms with E-state index >= 15 is 0 Å². The Balaban J connectivity index is 2.50. The van der Waals surface area contributed by atoms with Crippen molar-refractivity contribution in [1.29, 1.82) is 0 Å². The fourth-order valence-corrected chi connectivity index (χ4v) is 1.83. The van der Waals surface area contributed by atoms with E-state index in [1.54, 1.807) is 12.1 Å². The van der Waals surface area contributed by atoms with Gasteiger partial charge in [-0.05, 0) is 47.0 Å². The first kappa shape index (κ1) is 17.0. The summed E-state index contributed by atoms with van der Waals surface area (Å²) >= 11 is 3.11. The van der Waals surface area contributed by atoms with Crippen molar-refractivity contribution in [2.45, 2.75) is 25.3 Å². The number of halogens is 1. The smallest absolute Gasteiger partial charge is 0.326 e. The molecule has 0 aliphatic heterocycles. The van der Waals surface area contributed by atoms with Crippen molar-refractivity contribution in [2.24, 2.45) is 0 Å². The molecule has 1 aromatic heterocycles. The van der Waals surface area contributed by atoms with E-state index in [0.29, 0.717) is 10.4 Å². The maximum atomic E-state index is 11.6. The third-order valence-electron chi connectivity index (χ3n) is 2.49. The summed E-state index contributed by atoms with van der Waals surface area (Å²) in [6, 6.07) is 2.17. The second kappa shape index (κ2) is 8.25. The molecule has 0 aliphatic carbocycles. The minimum Gasteiger partial charge on any atom is -0.481 e. The Morgan fingerprint density at radius 1 is 1.33 bits per heavy atom. The summed E-state index contributed by atoms with van der Waals surface area (Å²) in [6.45, 7) is 0. The van der Waals surface area contributed by atoms with Crippen LogP contribution in [0.5, 0.6) is 0 Å². The second-order valence-corrected chi connectivity index (χ2v) is 4.94. The molecule has 0 saturated carbocycles. The standard InChI is InChI=1S/C13H14BrNO6/c14-10-6-4-8(21-10)5-7-11(16)15-9(13(19)20)2-1-3-12(17)18/h4-7,9H,1-3H2,(H,15,16)(H,17,18)(H,19,20)/b7-5+/t9-/m1/s1. The van der Waals surface area contributed by atoms with Crippen LogP contribution in [0.15, 0.2) is 27.3 Å². The molecule has 0 saturated heterocycles. The molecule has 1 aromatic rings. The third kappa shape index (κ3) is 6.75. The zero-order chi connectivity index (χ0) is 15.8. The van der Waals surface area contributed by atoms with Gasteiger partial charge in [0.1, 0.15) is 11.8 Å².